The summed E-state index contributed by atoms with van der Waals surface area (Å²) in [7, 11) is -1.57. The van der Waals surface area contributed by atoms with E-state index in [2.05, 4.69) is 0 Å². The molecule has 0 spiro atoms. The minimum atomic E-state index is -1.57. The van der Waals surface area contributed by atoms with Crippen LogP contribution in [-0.4, -0.2) is 15.7 Å². The minimum Gasteiger partial charge on any atom is -0.294 e. The zero-order valence-corrected chi connectivity index (χ0v) is 12.0. The van der Waals surface area contributed by atoms with E-state index in [1.54, 1.807) is 24.3 Å². The van der Waals surface area contributed by atoms with Crippen LogP contribution in [0.15, 0.2) is 53.4 Å². The van der Waals surface area contributed by atoms with Crippen LogP contribution in [0.1, 0.15) is 23.2 Å². The second-order valence-corrected chi connectivity index (χ2v) is 6.06. The second kappa shape index (κ2) is 7.22. The Hall–Kier alpha value is -1.88. The predicted octanol–water partition coefficient (Wildman–Crippen LogP) is 3.74. The third kappa shape index (κ3) is 4.29. The molecule has 2 aromatic rings. The molecule has 0 bridgehead atoms. The topological polar surface area (TPSA) is 34.1 Å². The highest BCUT2D eigenvalue weighted by Crippen LogP contribution is 2.15. The fraction of sp³-hybridized carbons (Fsp3) is 0.188. The van der Waals surface area contributed by atoms with Crippen LogP contribution in [0.5, 0.6) is 0 Å². The maximum Gasteiger partial charge on any atom is 0.162 e. The summed E-state index contributed by atoms with van der Waals surface area (Å²) in [6.45, 7) is 0. The number of carbonyl (C=O) groups excluding carboxylic acids is 1. The highest BCUT2D eigenvalue weighted by atomic mass is 32.2. The van der Waals surface area contributed by atoms with Crippen molar-refractivity contribution >= 4 is 16.6 Å². The highest BCUT2D eigenvalue weighted by molar-refractivity contribution is 7.85. The molecular weight excluding hydrogens is 294 g/mol. The van der Waals surface area contributed by atoms with Gasteiger partial charge < -0.3 is 0 Å². The molecular formula is C16H14F2O2S. The number of Topliss-reactive ketones (excluding diaryl/α,β-unsaturated/α-hetero) is 1. The summed E-state index contributed by atoms with van der Waals surface area (Å²) in [6, 6.07) is 11.8. The van der Waals surface area contributed by atoms with E-state index in [0.29, 0.717) is 18.1 Å². The van der Waals surface area contributed by atoms with Gasteiger partial charge in [0.05, 0.1) is 15.7 Å². The van der Waals surface area contributed by atoms with Crippen LogP contribution in [0.3, 0.4) is 0 Å². The van der Waals surface area contributed by atoms with E-state index in [0.717, 1.165) is 6.07 Å². The summed E-state index contributed by atoms with van der Waals surface area (Å²) in [6.07, 6.45) is 0.635. The SMILES string of the molecule is O=C(CCCS(=O)c1ccc(F)cc1F)c1ccccc1. The van der Waals surface area contributed by atoms with Crippen LogP contribution >= 0.6 is 0 Å². The van der Waals surface area contributed by atoms with E-state index in [-0.39, 0.29) is 22.9 Å². The quantitative estimate of drug-likeness (QED) is 0.762. The van der Waals surface area contributed by atoms with E-state index < -0.39 is 22.4 Å². The van der Waals surface area contributed by atoms with Crippen molar-refractivity contribution in [1.82, 2.24) is 0 Å². The van der Waals surface area contributed by atoms with Gasteiger partial charge in [0.15, 0.2) is 5.78 Å². The van der Waals surface area contributed by atoms with Gasteiger partial charge in [0.25, 0.3) is 0 Å². The van der Waals surface area contributed by atoms with Crippen LogP contribution in [0.2, 0.25) is 0 Å². The Kier molecular flexibility index (Phi) is 5.33. The Bertz CT molecular complexity index is 657. The molecule has 0 aliphatic heterocycles. The van der Waals surface area contributed by atoms with E-state index in [1.165, 1.54) is 6.07 Å². The van der Waals surface area contributed by atoms with Crippen LogP contribution in [0.4, 0.5) is 8.78 Å². The summed E-state index contributed by atoms with van der Waals surface area (Å²) in [5.74, 6) is -1.39. The first-order chi connectivity index (χ1) is 10.1. The smallest absolute Gasteiger partial charge is 0.162 e. The number of carbonyl (C=O) groups is 1. The van der Waals surface area contributed by atoms with Gasteiger partial charge in [0, 0.05) is 23.8 Å². The van der Waals surface area contributed by atoms with Gasteiger partial charge in [0.1, 0.15) is 11.6 Å². The van der Waals surface area contributed by atoms with Crippen molar-refractivity contribution in [2.45, 2.75) is 17.7 Å². The van der Waals surface area contributed by atoms with E-state index >= 15 is 0 Å². The average Bonchev–Trinajstić information content (AvgIpc) is 2.47. The molecule has 1 unspecified atom stereocenters. The lowest BCUT2D eigenvalue weighted by Crippen LogP contribution is -2.05. The van der Waals surface area contributed by atoms with Gasteiger partial charge in [-0.05, 0) is 18.6 Å². The summed E-state index contributed by atoms with van der Waals surface area (Å²) in [4.78, 5) is 11.8. The largest absolute Gasteiger partial charge is 0.294 e. The number of ketones is 1. The predicted molar refractivity (Wildman–Crippen MR) is 77.6 cm³/mol. The number of rotatable bonds is 6. The van der Waals surface area contributed by atoms with Gasteiger partial charge in [-0.15, -0.1) is 0 Å². The Labute approximate surface area is 124 Å². The minimum absolute atomic E-state index is 0.0245. The van der Waals surface area contributed by atoms with Gasteiger partial charge in [-0.3, -0.25) is 9.00 Å². The zero-order chi connectivity index (χ0) is 15.2. The van der Waals surface area contributed by atoms with Crippen molar-refractivity contribution in [3.05, 3.63) is 65.7 Å². The van der Waals surface area contributed by atoms with Crippen molar-refractivity contribution in [1.29, 1.82) is 0 Å². The van der Waals surface area contributed by atoms with Crippen molar-refractivity contribution in [3.8, 4) is 0 Å². The van der Waals surface area contributed by atoms with Gasteiger partial charge in [-0.2, -0.15) is 0 Å². The molecule has 21 heavy (non-hydrogen) atoms. The lowest BCUT2D eigenvalue weighted by atomic mass is 10.1. The lowest BCUT2D eigenvalue weighted by molar-refractivity contribution is 0.0982. The molecule has 0 fully saturated rings. The van der Waals surface area contributed by atoms with Gasteiger partial charge in [0.2, 0.25) is 0 Å². The third-order valence-corrected chi connectivity index (χ3v) is 4.45. The van der Waals surface area contributed by atoms with Gasteiger partial charge >= 0.3 is 0 Å². The molecule has 0 heterocycles. The first-order valence-electron chi connectivity index (χ1n) is 6.49. The average molecular weight is 308 g/mol. The molecule has 0 aliphatic rings. The molecule has 0 amide bonds. The second-order valence-electron chi connectivity index (χ2n) is 4.52. The molecule has 2 nitrogen and oxygen atoms in total. The molecule has 0 aromatic heterocycles. The molecule has 110 valence electrons. The zero-order valence-electron chi connectivity index (χ0n) is 11.2. The maximum atomic E-state index is 13.5. The Balaban J connectivity index is 1.89. The number of hydrogen-bond acceptors (Lipinski definition) is 2. The standard InChI is InChI=1S/C16H14F2O2S/c17-13-8-9-16(14(18)11-13)21(20)10-4-7-15(19)12-5-2-1-3-6-12/h1-3,5-6,8-9,11H,4,7,10H2. The monoisotopic (exact) mass is 308 g/mol. The molecule has 0 saturated carbocycles. The Morgan fingerprint density at radius 2 is 1.76 bits per heavy atom. The van der Waals surface area contributed by atoms with Crippen molar-refractivity contribution in [2.75, 3.05) is 5.75 Å². The molecule has 0 N–H and O–H groups in total. The number of benzene rings is 2. The summed E-state index contributed by atoms with van der Waals surface area (Å²) >= 11 is 0. The van der Waals surface area contributed by atoms with Crippen molar-refractivity contribution in [2.24, 2.45) is 0 Å². The molecule has 0 radical (unpaired) electrons. The van der Waals surface area contributed by atoms with Crippen molar-refractivity contribution < 1.29 is 17.8 Å². The molecule has 2 rings (SSSR count). The summed E-state index contributed by atoms with van der Waals surface area (Å²) in [5.41, 5.74) is 0.608. The normalized spacial score (nSPS) is 12.1. The number of hydrogen-bond donors (Lipinski definition) is 0. The first kappa shape index (κ1) is 15.5. The third-order valence-electron chi connectivity index (χ3n) is 2.97. The molecule has 5 heteroatoms. The molecule has 1 atom stereocenters. The summed E-state index contributed by atoms with van der Waals surface area (Å²) in [5, 5.41) is 0. The van der Waals surface area contributed by atoms with Crippen LogP contribution in [-0.2, 0) is 10.8 Å². The fourth-order valence-corrected chi connectivity index (χ4v) is 3.02. The van der Waals surface area contributed by atoms with Crippen LogP contribution in [0, 0.1) is 11.6 Å². The molecule has 2 aromatic carbocycles. The van der Waals surface area contributed by atoms with Crippen molar-refractivity contribution in [3.63, 3.8) is 0 Å². The molecule has 0 aliphatic carbocycles. The Morgan fingerprint density at radius 3 is 2.43 bits per heavy atom. The summed E-state index contributed by atoms with van der Waals surface area (Å²) < 4.78 is 38.2. The maximum absolute atomic E-state index is 13.5. The highest BCUT2D eigenvalue weighted by Gasteiger charge is 2.12. The van der Waals surface area contributed by atoms with Crippen LogP contribution in [0.25, 0.3) is 0 Å². The van der Waals surface area contributed by atoms with Gasteiger partial charge in [-0.1, -0.05) is 30.3 Å². The van der Waals surface area contributed by atoms with E-state index in [4.69, 9.17) is 0 Å². The first-order valence-corrected chi connectivity index (χ1v) is 7.81. The fourth-order valence-electron chi connectivity index (χ4n) is 1.90. The lowest BCUT2D eigenvalue weighted by Gasteiger charge is -2.04. The van der Waals surface area contributed by atoms with E-state index in [9.17, 15) is 17.8 Å². The van der Waals surface area contributed by atoms with E-state index in [1.807, 2.05) is 6.07 Å². The van der Waals surface area contributed by atoms with Crippen LogP contribution < -0.4 is 0 Å². The molecule has 0 saturated heterocycles. The number of halogens is 2. The van der Waals surface area contributed by atoms with Gasteiger partial charge in [-0.25, -0.2) is 8.78 Å². The Morgan fingerprint density at radius 1 is 1.05 bits per heavy atom.